The molecule has 0 aromatic carbocycles. The van der Waals surface area contributed by atoms with E-state index >= 15 is 0 Å². The van der Waals surface area contributed by atoms with E-state index in [-0.39, 0.29) is 20.4 Å². The second kappa shape index (κ2) is 6.52. The minimum atomic E-state index is -4.03. The topological polar surface area (TPSA) is 77.2 Å². The Bertz CT molecular complexity index is 1110. The van der Waals surface area contributed by atoms with Gasteiger partial charge < -0.3 is 0 Å². The number of nitrogens with zero attached hydrogens (tertiary/aromatic N) is 4. The molecule has 0 aliphatic heterocycles. The molecule has 1 fully saturated rings. The molecule has 0 bridgehead atoms. The Morgan fingerprint density at radius 1 is 1.31 bits per heavy atom. The molecule has 3 heterocycles. The van der Waals surface area contributed by atoms with Crippen molar-refractivity contribution in [1.82, 2.24) is 19.6 Å². The summed E-state index contributed by atoms with van der Waals surface area (Å²) in [6, 6.07) is 1.23. The summed E-state index contributed by atoms with van der Waals surface area (Å²) < 4.78 is 51.0. The van der Waals surface area contributed by atoms with E-state index in [1.165, 1.54) is 16.7 Å². The van der Waals surface area contributed by atoms with Gasteiger partial charge in [0, 0.05) is 0 Å². The fourth-order valence-corrected chi connectivity index (χ4v) is 5.46. The summed E-state index contributed by atoms with van der Waals surface area (Å²) >= 11 is 5.44. The molecule has 1 aliphatic rings. The Kier molecular flexibility index (Phi) is 4.59. The van der Waals surface area contributed by atoms with Crippen molar-refractivity contribution in [3.05, 3.63) is 27.5 Å². The van der Waals surface area contributed by atoms with Crippen molar-refractivity contribution in [1.29, 1.82) is 0 Å². The molecule has 12 heteroatoms. The van der Waals surface area contributed by atoms with E-state index in [4.69, 9.17) is 22.3 Å². The summed E-state index contributed by atoms with van der Waals surface area (Å²) in [5.74, 6) is 0.158. The summed E-state index contributed by atoms with van der Waals surface area (Å²) in [5.41, 5.74) is 1.53. The van der Waals surface area contributed by atoms with Gasteiger partial charge in [0.15, 0.2) is 0 Å². The first-order valence-corrected chi connectivity index (χ1v) is 11.9. The first-order chi connectivity index (χ1) is 12.3. The molecule has 138 valence electrons. The van der Waals surface area contributed by atoms with Gasteiger partial charge in [-0.05, 0) is 0 Å². The average molecular weight is 486 g/mol. The second-order valence-corrected chi connectivity index (χ2v) is 11.0. The average Bonchev–Trinajstić information content (AvgIpc) is 3.09. The maximum absolute atomic E-state index is 13.0. The first kappa shape index (κ1) is 18.3. The Hall–Kier alpha value is -1.06. The molecule has 0 amide bonds. The summed E-state index contributed by atoms with van der Waals surface area (Å²) in [5, 5.41) is 7.61. The van der Waals surface area contributed by atoms with Crippen LogP contribution >= 0.6 is 22.3 Å². The van der Waals surface area contributed by atoms with Gasteiger partial charge in [-0.3, -0.25) is 0 Å². The summed E-state index contributed by atoms with van der Waals surface area (Å²) in [6.07, 6.45) is 1.50. The maximum atomic E-state index is 13.0. The fraction of sp³-hybridized carbons (Fsp3) is 0.357. The van der Waals surface area contributed by atoms with E-state index in [2.05, 4.69) is 15.2 Å². The van der Waals surface area contributed by atoms with Crippen molar-refractivity contribution in [2.75, 3.05) is 0 Å². The van der Waals surface area contributed by atoms with Crippen molar-refractivity contribution < 1.29 is 17.2 Å². The second-order valence-electron chi connectivity index (χ2n) is 5.87. The number of hydrogen-bond acceptors (Lipinski definition) is 5. The number of hydrogen-bond donors (Lipinski definition) is 0. The van der Waals surface area contributed by atoms with E-state index < -0.39 is 30.0 Å². The number of rotatable bonds is 4. The van der Waals surface area contributed by atoms with Gasteiger partial charge in [-0.2, -0.15) is 0 Å². The molecule has 0 radical (unpaired) electrons. The van der Waals surface area contributed by atoms with Crippen molar-refractivity contribution in [3.63, 3.8) is 0 Å². The minimum absolute atomic E-state index is 0.111. The van der Waals surface area contributed by atoms with Crippen LogP contribution in [0.15, 0.2) is 17.2 Å². The molecule has 1 aliphatic carbocycles. The first-order valence-electron chi connectivity index (χ1n) is 7.54. The van der Waals surface area contributed by atoms with Crippen LogP contribution in [0.2, 0.25) is 5.02 Å². The normalized spacial score (nSPS) is 15.7. The Morgan fingerprint density at radius 2 is 2.04 bits per heavy atom. The van der Waals surface area contributed by atoms with Crippen LogP contribution in [0.25, 0.3) is 15.9 Å². The van der Waals surface area contributed by atoms with Crippen molar-refractivity contribution >= 4 is 51.5 Å². The van der Waals surface area contributed by atoms with Crippen molar-refractivity contribution in [2.24, 2.45) is 0 Å². The van der Waals surface area contributed by atoms with E-state index in [1.54, 1.807) is 0 Å². The molecule has 0 N–H and O–H groups in total. The third-order valence-electron chi connectivity index (χ3n) is 4.28. The van der Waals surface area contributed by atoms with Gasteiger partial charge in [0.05, 0.1) is 0 Å². The summed E-state index contributed by atoms with van der Waals surface area (Å²) in [7, 11) is 1.42. The Balaban J connectivity index is 2.01. The molecule has 1 saturated carbocycles. The van der Waals surface area contributed by atoms with Crippen LogP contribution in [-0.2, 0) is 9.05 Å². The molecule has 3 aromatic heterocycles. The number of alkyl halides is 2. The van der Waals surface area contributed by atoms with Gasteiger partial charge in [0.2, 0.25) is 0 Å². The van der Waals surface area contributed by atoms with Crippen LogP contribution in [0.4, 0.5) is 8.78 Å². The number of fused-ring (bicyclic) bond motifs is 1. The molecule has 4 rings (SSSR count). The third-order valence-corrected chi connectivity index (χ3v) is 7.85. The van der Waals surface area contributed by atoms with Crippen LogP contribution < -0.4 is 0 Å². The van der Waals surface area contributed by atoms with E-state index in [1.807, 2.05) is 0 Å². The Morgan fingerprint density at radius 3 is 2.58 bits per heavy atom. The summed E-state index contributed by atoms with van der Waals surface area (Å²) in [4.78, 5) is 4.36. The molecule has 26 heavy (non-hydrogen) atoms. The standard InChI is InChI=1S/C14H10Cl2F2N4O2SSe/c15-8-4-7(25(16,23)24)5-22-10(13-20-21-14(26-13)11(17)18)9(19-12(8)22)6-2-1-3-6/h4-6,11H,1-3H2. The third kappa shape index (κ3) is 3.07. The predicted molar refractivity (Wildman–Crippen MR) is 92.8 cm³/mol. The van der Waals surface area contributed by atoms with Crippen LogP contribution in [0.5, 0.6) is 0 Å². The zero-order chi connectivity index (χ0) is 18.6. The molecule has 0 spiro atoms. The van der Waals surface area contributed by atoms with Crippen LogP contribution in [0.3, 0.4) is 0 Å². The quantitative estimate of drug-likeness (QED) is 0.416. The van der Waals surface area contributed by atoms with Crippen molar-refractivity contribution in [2.45, 2.75) is 36.5 Å². The van der Waals surface area contributed by atoms with Gasteiger partial charge in [-0.15, -0.1) is 0 Å². The summed E-state index contributed by atoms with van der Waals surface area (Å²) in [6.45, 7) is 0. The van der Waals surface area contributed by atoms with Gasteiger partial charge >= 0.3 is 163 Å². The number of halogens is 4. The molecular weight excluding hydrogens is 476 g/mol. The number of imidazole rings is 1. The molecule has 0 saturated heterocycles. The fourth-order valence-electron chi connectivity index (χ4n) is 2.83. The number of pyridine rings is 1. The monoisotopic (exact) mass is 486 g/mol. The van der Waals surface area contributed by atoms with Crippen LogP contribution in [0, 0.1) is 0 Å². The molecule has 0 atom stereocenters. The van der Waals surface area contributed by atoms with Crippen molar-refractivity contribution in [3.8, 4) is 10.3 Å². The van der Waals surface area contributed by atoms with Gasteiger partial charge in [-0.1, -0.05) is 0 Å². The van der Waals surface area contributed by atoms with Gasteiger partial charge in [0.25, 0.3) is 0 Å². The van der Waals surface area contributed by atoms with E-state index in [0.29, 0.717) is 21.6 Å². The van der Waals surface area contributed by atoms with Crippen LogP contribution in [0.1, 0.15) is 41.9 Å². The molecular formula is C14H10Cl2F2N4O2SSe. The zero-order valence-electron chi connectivity index (χ0n) is 12.9. The van der Waals surface area contributed by atoms with Gasteiger partial charge in [-0.25, -0.2) is 0 Å². The zero-order valence-corrected chi connectivity index (χ0v) is 16.9. The molecule has 6 nitrogen and oxygen atoms in total. The van der Waals surface area contributed by atoms with E-state index in [0.717, 1.165) is 19.3 Å². The SMILES string of the molecule is O=S(=O)(Cl)c1cc(Cl)c2nc(C3CCC3)c(-c3nnc(C(F)F)[se]3)n2c1. The van der Waals surface area contributed by atoms with Gasteiger partial charge in [0.1, 0.15) is 0 Å². The predicted octanol–water partition coefficient (Wildman–Crippen LogP) is 3.63. The molecule has 0 unspecified atom stereocenters. The Labute approximate surface area is 162 Å². The molecule has 3 aromatic rings. The van der Waals surface area contributed by atoms with E-state index in [9.17, 15) is 17.2 Å². The number of aromatic nitrogens is 4. The van der Waals surface area contributed by atoms with Crippen LogP contribution in [-0.4, -0.2) is 42.5 Å².